The van der Waals surface area contributed by atoms with Crippen LogP contribution in [0.25, 0.3) is 10.8 Å². The minimum absolute atomic E-state index is 0.0359. The van der Waals surface area contributed by atoms with Crippen LogP contribution in [-0.4, -0.2) is 50.4 Å². The van der Waals surface area contributed by atoms with E-state index in [4.69, 9.17) is 4.74 Å². The van der Waals surface area contributed by atoms with Crippen LogP contribution in [-0.2, 0) is 20.8 Å². The van der Waals surface area contributed by atoms with Crippen LogP contribution in [0.4, 0.5) is 16.2 Å². The van der Waals surface area contributed by atoms with Gasteiger partial charge in [-0.3, -0.25) is 13.7 Å². The summed E-state index contributed by atoms with van der Waals surface area (Å²) in [4.78, 5) is 27.0. The van der Waals surface area contributed by atoms with Gasteiger partial charge in [0.15, 0.2) is 0 Å². The number of piperidine rings is 1. The molecule has 196 valence electrons. The number of carbonyl (C=O) groups is 2. The van der Waals surface area contributed by atoms with Crippen LogP contribution in [0.3, 0.4) is 0 Å². The molecule has 2 aromatic carbocycles. The Balaban J connectivity index is 1.55. The first-order valence-electron chi connectivity index (χ1n) is 12.8. The van der Waals surface area contributed by atoms with Gasteiger partial charge in [-0.05, 0) is 58.6 Å². The SMILES string of the molecule is CC(C)(C)OC(=O)N1CCC(N(c2ccc(NC(=O)C3CCCCC3)c3ccccc23)S(=O)O)CC1. The topological polar surface area (TPSA) is 99.2 Å². The van der Waals surface area contributed by atoms with Crippen LogP contribution in [0.2, 0.25) is 0 Å². The quantitative estimate of drug-likeness (QED) is 0.498. The Bertz CT molecular complexity index is 1120. The van der Waals surface area contributed by atoms with Crippen molar-refractivity contribution in [1.82, 2.24) is 4.90 Å². The van der Waals surface area contributed by atoms with Crippen molar-refractivity contribution in [3.8, 4) is 0 Å². The zero-order chi connectivity index (χ0) is 25.9. The molecule has 2 amide bonds. The van der Waals surface area contributed by atoms with Gasteiger partial charge in [0.05, 0.1) is 5.69 Å². The number of anilines is 2. The van der Waals surface area contributed by atoms with Gasteiger partial charge in [-0.2, -0.15) is 0 Å². The van der Waals surface area contributed by atoms with Gasteiger partial charge in [-0.1, -0.05) is 43.5 Å². The highest BCUT2D eigenvalue weighted by Crippen LogP contribution is 2.36. The van der Waals surface area contributed by atoms with Crippen molar-refractivity contribution in [2.75, 3.05) is 22.7 Å². The number of hydrogen-bond acceptors (Lipinski definition) is 4. The molecule has 0 spiro atoms. The first-order chi connectivity index (χ1) is 17.1. The number of likely N-dealkylation sites (tertiary alicyclic amines) is 1. The van der Waals surface area contributed by atoms with Gasteiger partial charge in [0, 0.05) is 41.5 Å². The highest BCUT2D eigenvalue weighted by molar-refractivity contribution is 7.80. The first kappa shape index (κ1) is 26.4. The summed E-state index contributed by atoms with van der Waals surface area (Å²) in [7, 11) is 0. The third kappa shape index (κ3) is 6.18. The van der Waals surface area contributed by atoms with Crippen molar-refractivity contribution in [2.45, 2.75) is 77.4 Å². The van der Waals surface area contributed by atoms with E-state index in [9.17, 15) is 18.4 Å². The number of hydrogen-bond donors (Lipinski definition) is 2. The second kappa shape index (κ2) is 11.2. The van der Waals surface area contributed by atoms with Gasteiger partial charge in [-0.15, -0.1) is 0 Å². The molecule has 1 saturated carbocycles. The van der Waals surface area contributed by atoms with E-state index in [1.54, 1.807) is 4.90 Å². The number of benzene rings is 2. The van der Waals surface area contributed by atoms with Crippen LogP contribution in [0.5, 0.6) is 0 Å². The molecule has 1 aliphatic heterocycles. The lowest BCUT2D eigenvalue weighted by molar-refractivity contribution is -0.120. The number of rotatable bonds is 5. The molecular formula is C27H37N3O5S. The predicted molar refractivity (Wildman–Crippen MR) is 143 cm³/mol. The van der Waals surface area contributed by atoms with Crippen LogP contribution >= 0.6 is 0 Å². The molecule has 1 atom stereocenters. The average molecular weight is 516 g/mol. The fraction of sp³-hybridized carbons (Fsp3) is 0.556. The molecule has 1 aliphatic carbocycles. The average Bonchev–Trinajstić information content (AvgIpc) is 2.85. The van der Waals surface area contributed by atoms with Gasteiger partial charge in [0.1, 0.15) is 5.60 Å². The van der Waals surface area contributed by atoms with Crippen molar-refractivity contribution in [3.05, 3.63) is 36.4 Å². The van der Waals surface area contributed by atoms with Crippen LogP contribution in [0.1, 0.15) is 65.7 Å². The van der Waals surface area contributed by atoms with E-state index in [-0.39, 0.29) is 24.0 Å². The lowest BCUT2D eigenvalue weighted by atomic mass is 9.88. The Hall–Kier alpha value is -2.65. The van der Waals surface area contributed by atoms with Crippen molar-refractivity contribution >= 4 is 45.4 Å². The van der Waals surface area contributed by atoms with E-state index in [2.05, 4.69) is 5.32 Å². The fourth-order valence-corrected chi connectivity index (χ4v) is 6.00. The smallest absolute Gasteiger partial charge is 0.410 e. The summed E-state index contributed by atoms with van der Waals surface area (Å²) in [5.74, 6) is 0.0819. The molecule has 36 heavy (non-hydrogen) atoms. The summed E-state index contributed by atoms with van der Waals surface area (Å²) in [5, 5.41) is 4.75. The standard InChI is InChI=1S/C27H37N3O5S/c1-27(2,3)35-26(32)29-17-15-20(16-18-29)30(36(33)34)24-14-13-23(21-11-7-8-12-22(21)24)28-25(31)19-9-5-4-6-10-19/h7-8,11-14,19-20H,4-6,9-10,15-18H2,1-3H3,(H,28,31)(H,33,34). The highest BCUT2D eigenvalue weighted by Gasteiger charge is 2.33. The van der Waals surface area contributed by atoms with E-state index in [1.807, 2.05) is 57.2 Å². The van der Waals surface area contributed by atoms with Crippen molar-refractivity contribution < 1.29 is 23.1 Å². The normalized spacial score (nSPS) is 18.6. The third-order valence-corrected chi connectivity index (χ3v) is 7.82. The molecule has 0 bridgehead atoms. The molecule has 2 aliphatic rings. The fourth-order valence-electron chi connectivity index (χ4n) is 5.20. The van der Waals surface area contributed by atoms with E-state index in [1.165, 1.54) is 10.7 Å². The molecule has 1 saturated heterocycles. The maximum Gasteiger partial charge on any atom is 0.410 e. The van der Waals surface area contributed by atoms with E-state index >= 15 is 0 Å². The lowest BCUT2D eigenvalue weighted by Crippen LogP contribution is -2.48. The second-order valence-corrected chi connectivity index (χ2v) is 11.6. The number of fused-ring (bicyclic) bond motifs is 1. The molecule has 0 radical (unpaired) electrons. The third-order valence-electron chi connectivity index (χ3n) is 6.99. The number of nitrogens with one attached hydrogen (secondary N) is 1. The summed E-state index contributed by atoms with van der Waals surface area (Å²) < 4.78 is 29.9. The molecule has 2 aromatic rings. The molecule has 1 unspecified atom stereocenters. The molecule has 4 rings (SSSR count). The summed E-state index contributed by atoms with van der Waals surface area (Å²) >= 11 is -2.26. The summed E-state index contributed by atoms with van der Waals surface area (Å²) in [6.45, 7) is 6.39. The number of amides is 2. The Morgan fingerprint density at radius 2 is 1.64 bits per heavy atom. The van der Waals surface area contributed by atoms with E-state index in [0.717, 1.165) is 36.5 Å². The monoisotopic (exact) mass is 515 g/mol. The van der Waals surface area contributed by atoms with E-state index < -0.39 is 16.9 Å². The zero-order valence-electron chi connectivity index (χ0n) is 21.4. The van der Waals surface area contributed by atoms with Crippen molar-refractivity contribution in [1.29, 1.82) is 0 Å². The largest absolute Gasteiger partial charge is 0.444 e. The van der Waals surface area contributed by atoms with Crippen LogP contribution < -0.4 is 9.62 Å². The maximum atomic E-state index is 12.9. The molecule has 2 N–H and O–H groups in total. The summed E-state index contributed by atoms with van der Waals surface area (Å²) in [5.41, 5.74) is 0.783. The Morgan fingerprint density at radius 1 is 1.00 bits per heavy atom. The van der Waals surface area contributed by atoms with Gasteiger partial charge in [-0.25, -0.2) is 9.00 Å². The van der Waals surface area contributed by atoms with Crippen LogP contribution in [0.15, 0.2) is 36.4 Å². The molecule has 8 nitrogen and oxygen atoms in total. The first-order valence-corrected chi connectivity index (χ1v) is 13.9. The summed E-state index contributed by atoms with van der Waals surface area (Å²) in [6.07, 6.45) is 5.92. The molecule has 0 aromatic heterocycles. The Labute approximate surface area is 215 Å². The van der Waals surface area contributed by atoms with Gasteiger partial charge in [0.2, 0.25) is 5.91 Å². The number of ether oxygens (including phenoxy) is 1. The minimum Gasteiger partial charge on any atom is -0.444 e. The number of nitrogens with zero attached hydrogens (tertiary/aromatic N) is 2. The van der Waals surface area contributed by atoms with Crippen LogP contribution in [0, 0.1) is 5.92 Å². The predicted octanol–water partition coefficient (Wildman–Crippen LogP) is 5.70. The second-order valence-electron chi connectivity index (χ2n) is 10.8. The van der Waals surface area contributed by atoms with Crippen molar-refractivity contribution in [3.63, 3.8) is 0 Å². The zero-order valence-corrected chi connectivity index (χ0v) is 22.2. The highest BCUT2D eigenvalue weighted by atomic mass is 32.2. The molecule has 9 heteroatoms. The van der Waals surface area contributed by atoms with Gasteiger partial charge in [0.25, 0.3) is 11.3 Å². The minimum atomic E-state index is -2.26. The molecular weight excluding hydrogens is 478 g/mol. The molecule has 1 heterocycles. The van der Waals surface area contributed by atoms with Gasteiger partial charge < -0.3 is 15.0 Å². The number of carbonyl (C=O) groups excluding carboxylic acids is 2. The Kier molecular flexibility index (Phi) is 8.20. The maximum absolute atomic E-state index is 12.9. The molecule has 2 fully saturated rings. The summed E-state index contributed by atoms with van der Waals surface area (Å²) in [6, 6.07) is 11.1. The van der Waals surface area contributed by atoms with Crippen molar-refractivity contribution in [2.24, 2.45) is 5.92 Å². The lowest BCUT2D eigenvalue weighted by Gasteiger charge is -2.38. The van der Waals surface area contributed by atoms with E-state index in [0.29, 0.717) is 37.3 Å². The Morgan fingerprint density at radius 3 is 2.25 bits per heavy atom. The van der Waals surface area contributed by atoms with Gasteiger partial charge >= 0.3 is 6.09 Å².